The van der Waals surface area contributed by atoms with Crippen molar-refractivity contribution in [2.75, 3.05) is 13.7 Å². The second kappa shape index (κ2) is 5.44. The molecule has 0 N–H and O–H groups in total. The number of hydrogen-bond donors (Lipinski definition) is 0. The molecule has 0 aliphatic rings. The highest BCUT2D eigenvalue weighted by atomic mass is 16.5. The molecule has 1 radical (unpaired) electrons. The summed E-state index contributed by atoms with van der Waals surface area (Å²) in [5.41, 5.74) is 1.03. The van der Waals surface area contributed by atoms with Crippen LogP contribution in [-0.4, -0.2) is 13.7 Å². The summed E-state index contributed by atoms with van der Waals surface area (Å²) in [6.07, 6.45) is 1.82. The third-order valence-electron chi connectivity index (χ3n) is 2.22. The zero-order valence-corrected chi connectivity index (χ0v) is 9.54. The van der Waals surface area contributed by atoms with Gasteiger partial charge in [0.1, 0.15) is 11.5 Å². The lowest BCUT2D eigenvalue weighted by Gasteiger charge is -2.14. The fraction of sp³-hybridized carbons (Fsp3) is 0.308. The first kappa shape index (κ1) is 11.6. The van der Waals surface area contributed by atoms with Gasteiger partial charge in [0.15, 0.2) is 0 Å². The summed E-state index contributed by atoms with van der Waals surface area (Å²) in [6.45, 7) is 8.39. The third-order valence-corrected chi connectivity index (χ3v) is 2.22. The van der Waals surface area contributed by atoms with Gasteiger partial charge in [-0.05, 0) is 25.1 Å². The molecule has 0 spiro atoms. The molecule has 0 aromatic heterocycles. The summed E-state index contributed by atoms with van der Waals surface area (Å²) in [4.78, 5) is 0. The van der Waals surface area contributed by atoms with Crippen molar-refractivity contribution in [2.24, 2.45) is 0 Å². The van der Waals surface area contributed by atoms with E-state index in [2.05, 4.69) is 6.58 Å². The summed E-state index contributed by atoms with van der Waals surface area (Å²) in [6, 6.07) is 5.78. The van der Waals surface area contributed by atoms with Gasteiger partial charge in [0, 0.05) is 11.5 Å². The van der Waals surface area contributed by atoms with Gasteiger partial charge >= 0.3 is 0 Å². The van der Waals surface area contributed by atoms with Crippen LogP contribution in [0.1, 0.15) is 19.4 Å². The van der Waals surface area contributed by atoms with Gasteiger partial charge in [0.2, 0.25) is 0 Å². The summed E-state index contributed by atoms with van der Waals surface area (Å²) in [5, 5.41) is 0. The van der Waals surface area contributed by atoms with Crippen molar-refractivity contribution in [2.45, 2.75) is 13.8 Å². The van der Waals surface area contributed by atoms with E-state index in [1.165, 1.54) is 0 Å². The van der Waals surface area contributed by atoms with E-state index >= 15 is 0 Å². The van der Waals surface area contributed by atoms with Crippen molar-refractivity contribution in [1.82, 2.24) is 0 Å². The molecule has 0 atom stereocenters. The van der Waals surface area contributed by atoms with Gasteiger partial charge in [0.25, 0.3) is 0 Å². The third kappa shape index (κ3) is 2.75. The minimum Gasteiger partial charge on any atom is -0.497 e. The van der Waals surface area contributed by atoms with Crippen molar-refractivity contribution in [3.05, 3.63) is 42.3 Å². The number of rotatable bonds is 5. The largest absolute Gasteiger partial charge is 0.497 e. The number of allylic oxidation sites excluding steroid dienone is 1. The van der Waals surface area contributed by atoms with Gasteiger partial charge in [-0.2, -0.15) is 0 Å². The van der Waals surface area contributed by atoms with Gasteiger partial charge < -0.3 is 9.47 Å². The van der Waals surface area contributed by atoms with E-state index in [-0.39, 0.29) is 0 Å². The highest BCUT2D eigenvalue weighted by Crippen LogP contribution is 2.30. The van der Waals surface area contributed by atoms with Gasteiger partial charge in [-0.3, -0.25) is 0 Å². The minimum atomic E-state index is 0.656. The predicted octanol–water partition coefficient (Wildman–Crippen LogP) is 3.22. The molecule has 0 heterocycles. The summed E-state index contributed by atoms with van der Waals surface area (Å²) >= 11 is 0. The Labute approximate surface area is 91.5 Å². The SMILES string of the molecule is C=C[C](C)c1cc(OC)ccc1OCC. The monoisotopic (exact) mass is 205 g/mol. The molecule has 0 saturated carbocycles. The molecule has 0 fully saturated rings. The van der Waals surface area contributed by atoms with Crippen LogP contribution in [-0.2, 0) is 0 Å². The molecular formula is C13H17O2. The Morgan fingerprint density at radius 1 is 1.47 bits per heavy atom. The Bertz CT molecular complexity index is 331. The number of benzene rings is 1. The molecule has 1 aromatic rings. The Morgan fingerprint density at radius 3 is 2.73 bits per heavy atom. The molecule has 0 saturated heterocycles. The number of ether oxygens (including phenoxy) is 2. The summed E-state index contributed by atoms with van der Waals surface area (Å²) < 4.78 is 10.7. The number of hydrogen-bond acceptors (Lipinski definition) is 2. The maximum Gasteiger partial charge on any atom is 0.123 e. The standard InChI is InChI=1S/C13H17O2/c1-5-10(3)12-9-11(14-4)7-8-13(12)15-6-2/h5,7-9H,1,6H2,2-4H3. The molecule has 15 heavy (non-hydrogen) atoms. The van der Waals surface area contributed by atoms with E-state index in [0.717, 1.165) is 23.0 Å². The average Bonchev–Trinajstić information content (AvgIpc) is 2.29. The first-order valence-corrected chi connectivity index (χ1v) is 5.00. The first-order chi connectivity index (χ1) is 7.22. The summed E-state index contributed by atoms with van der Waals surface area (Å²) in [7, 11) is 1.66. The van der Waals surface area contributed by atoms with Crippen LogP contribution in [0.2, 0.25) is 0 Å². The molecule has 81 valence electrons. The second-order valence-electron chi connectivity index (χ2n) is 3.18. The van der Waals surface area contributed by atoms with E-state index in [0.29, 0.717) is 6.61 Å². The number of methoxy groups -OCH3 is 1. The molecule has 0 amide bonds. The van der Waals surface area contributed by atoms with Gasteiger partial charge in [-0.1, -0.05) is 13.0 Å². The van der Waals surface area contributed by atoms with Crippen LogP contribution in [0.3, 0.4) is 0 Å². The quantitative estimate of drug-likeness (QED) is 0.734. The predicted molar refractivity (Wildman–Crippen MR) is 62.4 cm³/mol. The lowest BCUT2D eigenvalue weighted by Crippen LogP contribution is -1.99. The van der Waals surface area contributed by atoms with Crippen molar-refractivity contribution < 1.29 is 9.47 Å². The smallest absolute Gasteiger partial charge is 0.123 e. The molecule has 0 aliphatic carbocycles. The molecule has 0 bridgehead atoms. The van der Waals surface area contributed by atoms with Crippen molar-refractivity contribution in [3.63, 3.8) is 0 Å². The summed E-state index contributed by atoms with van der Waals surface area (Å²) in [5.74, 6) is 2.78. The molecular weight excluding hydrogens is 188 g/mol. The van der Waals surface area contributed by atoms with Crippen molar-refractivity contribution >= 4 is 0 Å². The van der Waals surface area contributed by atoms with Crippen LogP contribution in [0, 0.1) is 5.92 Å². The maximum absolute atomic E-state index is 5.54. The lowest BCUT2D eigenvalue weighted by molar-refractivity contribution is 0.336. The Balaban J connectivity index is 3.09. The van der Waals surface area contributed by atoms with Gasteiger partial charge in [-0.15, -0.1) is 6.58 Å². The van der Waals surface area contributed by atoms with Crippen LogP contribution in [0.4, 0.5) is 0 Å². The average molecular weight is 205 g/mol. The lowest BCUT2D eigenvalue weighted by atomic mass is 10.00. The fourth-order valence-corrected chi connectivity index (χ4v) is 1.34. The zero-order chi connectivity index (χ0) is 11.3. The highest BCUT2D eigenvalue weighted by Gasteiger charge is 2.10. The van der Waals surface area contributed by atoms with Crippen LogP contribution in [0.5, 0.6) is 11.5 Å². The van der Waals surface area contributed by atoms with E-state index in [4.69, 9.17) is 9.47 Å². The van der Waals surface area contributed by atoms with Gasteiger partial charge in [-0.25, -0.2) is 0 Å². The second-order valence-corrected chi connectivity index (χ2v) is 3.18. The van der Waals surface area contributed by atoms with Gasteiger partial charge in [0.05, 0.1) is 13.7 Å². The molecule has 0 aliphatic heterocycles. The van der Waals surface area contributed by atoms with Crippen LogP contribution < -0.4 is 9.47 Å². The van der Waals surface area contributed by atoms with E-state index in [1.54, 1.807) is 7.11 Å². The van der Waals surface area contributed by atoms with Crippen LogP contribution in [0.15, 0.2) is 30.9 Å². The maximum atomic E-state index is 5.54. The Kier molecular flexibility index (Phi) is 4.22. The molecule has 2 nitrogen and oxygen atoms in total. The van der Waals surface area contributed by atoms with E-state index in [9.17, 15) is 0 Å². The van der Waals surface area contributed by atoms with E-state index in [1.807, 2.05) is 38.1 Å². The normalized spacial score (nSPS) is 10.1. The van der Waals surface area contributed by atoms with E-state index < -0.39 is 0 Å². The topological polar surface area (TPSA) is 18.5 Å². The zero-order valence-electron chi connectivity index (χ0n) is 9.54. The van der Waals surface area contributed by atoms with Crippen LogP contribution >= 0.6 is 0 Å². The molecule has 1 rings (SSSR count). The van der Waals surface area contributed by atoms with Crippen molar-refractivity contribution in [3.8, 4) is 11.5 Å². The fourth-order valence-electron chi connectivity index (χ4n) is 1.34. The Hall–Kier alpha value is -1.44. The highest BCUT2D eigenvalue weighted by molar-refractivity contribution is 5.50. The Morgan fingerprint density at radius 2 is 2.20 bits per heavy atom. The first-order valence-electron chi connectivity index (χ1n) is 5.00. The molecule has 0 unspecified atom stereocenters. The molecule has 2 heteroatoms. The molecule has 1 aromatic carbocycles. The minimum absolute atomic E-state index is 0.656. The van der Waals surface area contributed by atoms with Crippen molar-refractivity contribution in [1.29, 1.82) is 0 Å². The van der Waals surface area contributed by atoms with Crippen LogP contribution in [0.25, 0.3) is 0 Å².